The molecule has 31 heavy (non-hydrogen) atoms. The highest BCUT2D eigenvalue weighted by Gasteiger charge is 2.23. The van der Waals surface area contributed by atoms with Gasteiger partial charge in [0.1, 0.15) is 0 Å². The first-order chi connectivity index (χ1) is 15.2. The maximum Gasteiger partial charge on any atom is 0.254 e. The molecule has 0 atom stereocenters. The number of carbonyl (C=O) groups is 1. The molecule has 0 aromatic heterocycles. The molecule has 1 aliphatic rings. The van der Waals surface area contributed by atoms with Crippen LogP contribution >= 0.6 is 0 Å². The Balaban J connectivity index is 1.84. The van der Waals surface area contributed by atoms with Crippen molar-refractivity contribution in [1.29, 1.82) is 0 Å². The summed E-state index contributed by atoms with van der Waals surface area (Å²) in [6, 6.07) is 18.5. The Kier molecular flexibility index (Phi) is 9.36. The van der Waals surface area contributed by atoms with Crippen LogP contribution in [-0.2, 0) is 0 Å². The molecule has 0 saturated carbocycles. The lowest BCUT2D eigenvalue weighted by Gasteiger charge is -2.31. The van der Waals surface area contributed by atoms with Crippen molar-refractivity contribution in [2.24, 2.45) is 5.92 Å². The maximum absolute atomic E-state index is 13.6. The van der Waals surface area contributed by atoms with Crippen molar-refractivity contribution in [2.75, 3.05) is 26.2 Å². The van der Waals surface area contributed by atoms with Gasteiger partial charge in [-0.25, -0.2) is 0 Å². The number of aryl methyl sites for hydroxylation is 1. The molecule has 3 heteroatoms. The number of hydrogen-bond acceptors (Lipinski definition) is 2. The molecule has 1 heterocycles. The summed E-state index contributed by atoms with van der Waals surface area (Å²) in [5.74, 6) is 0.744. The summed E-state index contributed by atoms with van der Waals surface area (Å²) in [6.45, 7) is 7.95. The lowest BCUT2D eigenvalue weighted by atomic mass is 9.96. The first-order valence-electron chi connectivity index (χ1n) is 12.0. The topological polar surface area (TPSA) is 32.3 Å². The molecule has 1 fully saturated rings. The maximum atomic E-state index is 13.6. The van der Waals surface area contributed by atoms with Gasteiger partial charge >= 0.3 is 0 Å². The Morgan fingerprint density at radius 3 is 2.45 bits per heavy atom. The standard InChI is InChI=1S/C28H38N2O/c1-3-4-6-14-26(20-24-12-7-5-8-13-24)22-30(21-25-16-18-29-19-17-25)28(31)27-15-10-9-11-23(27)2/h5,7-13,15,20,25,29H,3-4,6,14,16-19,21-22H2,1-2H3. The molecule has 0 radical (unpaired) electrons. The van der Waals surface area contributed by atoms with Gasteiger partial charge in [-0.2, -0.15) is 0 Å². The molecular formula is C28H38N2O. The molecule has 1 saturated heterocycles. The summed E-state index contributed by atoms with van der Waals surface area (Å²) >= 11 is 0. The van der Waals surface area contributed by atoms with Crippen LogP contribution in [0.1, 0.15) is 66.9 Å². The second-order valence-corrected chi connectivity index (χ2v) is 8.86. The SMILES string of the molecule is CCCCCC(=Cc1ccccc1)CN(CC1CCNCC1)C(=O)c1ccccc1C. The van der Waals surface area contributed by atoms with Gasteiger partial charge in [0.05, 0.1) is 0 Å². The molecule has 3 nitrogen and oxygen atoms in total. The molecule has 0 spiro atoms. The first-order valence-corrected chi connectivity index (χ1v) is 12.0. The first kappa shape index (κ1) is 23.3. The van der Waals surface area contributed by atoms with E-state index in [1.54, 1.807) is 0 Å². The Bertz CT molecular complexity index is 837. The van der Waals surface area contributed by atoms with E-state index in [9.17, 15) is 4.79 Å². The molecule has 3 rings (SSSR count). The minimum atomic E-state index is 0.172. The second kappa shape index (κ2) is 12.5. The predicted molar refractivity (Wildman–Crippen MR) is 131 cm³/mol. The van der Waals surface area contributed by atoms with Gasteiger partial charge in [-0.1, -0.05) is 79.9 Å². The van der Waals surface area contributed by atoms with E-state index in [0.29, 0.717) is 5.92 Å². The van der Waals surface area contributed by atoms with Crippen LogP contribution in [0.2, 0.25) is 0 Å². The number of benzene rings is 2. The summed E-state index contributed by atoms with van der Waals surface area (Å²) < 4.78 is 0. The van der Waals surface area contributed by atoms with Gasteiger partial charge in [0.25, 0.3) is 5.91 Å². The lowest BCUT2D eigenvalue weighted by molar-refractivity contribution is 0.0731. The molecule has 1 N–H and O–H groups in total. The van der Waals surface area contributed by atoms with Crippen molar-refractivity contribution in [3.05, 3.63) is 76.9 Å². The number of amides is 1. The van der Waals surface area contributed by atoms with E-state index in [2.05, 4.69) is 53.5 Å². The average molecular weight is 419 g/mol. The average Bonchev–Trinajstić information content (AvgIpc) is 2.80. The summed E-state index contributed by atoms with van der Waals surface area (Å²) in [6.07, 6.45) is 9.25. The fourth-order valence-corrected chi connectivity index (χ4v) is 4.41. The summed E-state index contributed by atoms with van der Waals surface area (Å²) in [7, 11) is 0. The van der Waals surface area contributed by atoms with Gasteiger partial charge in [0.15, 0.2) is 0 Å². The van der Waals surface area contributed by atoms with E-state index in [-0.39, 0.29) is 5.91 Å². The van der Waals surface area contributed by atoms with Crippen LogP contribution in [0.5, 0.6) is 0 Å². The monoisotopic (exact) mass is 418 g/mol. The summed E-state index contributed by atoms with van der Waals surface area (Å²) in [4.78, 5) is 15.8. The van der Waals surface area contributed by atoms with Crippen molar-refractivity contribution < 1.29 is 4.79 Å². The zero-order valence-corrected chi connectivity index (χ0v) is 19.3. The number of nitrogens with one attached hydrogen (secondary N) is 1. The molecule has 2 aromatic rings. The zero-order valence-electron chi connectivity index (χ0n) is 19.3. The van der Waals surface area contributed by atoms with E-state index in [4.69, 9.17) is 0 Å². The van der Waals surface area contributed by atoms with Crippen LogP contribution in [0.3, 0.4) is 0 Å². The van der Waals surface area contributed by atoms with E-state index < -0.39 is 0 Å². The smallest absolute Gasteiger partial charge is 0.254 e. The molecule has 0 unspecified atom stereocenters. The van der Waals surface area contributed by atoms with Crippen molar-refractivity contribution in [3.63, 3.8) is 0 Å². The highest BCUT2D eigenvalue weighted by atomic mass is 16.2. The fourth-order valence-electron chi connectivity index (χ4n) is 4.41. The quantitative estimate of drug-likeness (QED) is 0.473. The van der Waals surface area contributed by atoms with Crippen LogP contribution in [-0.4, -0.2) is 37.0 Å². The van der Waals surface area contributed by atoms with Crippen molar-refractivity contribution in [2.45, 2.75) is 52.4 Å². The van der Waals surface area contributed by atoms with Gasteiger partial charge in [0.2, 0.25) is 0 Å². The Labute approximate surface area is 188 Å². The van der Waals surface area contributed by atoms with Crippen molar-refractivity contribution in [1.82, 2.24) is 10.2 Å². The second-order valence-electron chi connectivity index (χ2n) is 8.86. The number of unbranched alkanes of at least 4 members (excludes halogenated alkanes) is 2. The largest absolute Gasteiger partial charge is 0.334 e. The number of rotatable bonds is 10. The van der Waals surface area contributed by atoms with Crippen LogP contribution in [0, 0.1) is 12.8 Å². The van der Waals surface area contributed by atoms with Crippen molar-refractivity contribution in [3.8, 4) is 0 Å². The summed E-state index contributed by atoms with van der Waals surface area (Å²) in [5.41, 5.74) is 4.47. The molecule has 0 bridgehead atoms. The lowest BCUT2D eigenvalue weighted by Crippen LogP contribution is -2.40. The number of hydrogen-bond donors (Lipinski definition) is 1. The van der Waals surface area contributed by atoms with E-state index in [1.165, 1.54) is 30.4 Å². The third kappa shape index (κ3) is 7.36. The van der Waals surface area contributed by atoms with Crippen LogP contribution < -0.4 is 5.32 Å². The normalized spacial score (nSPS) is 15.1. The highest BCUT2D eigenvalue weighted by Crippen LogP contribution is 2.21. The molecule has 1 aliphatic heterocycles. The predicted octanol–water partition coefficient (Wildman–Crippen LogP) is 6.10. The minimum absolute atomic E-state index is 0.172. The van der Waals surface area contributed by atoms with E-state index >= 15 is 0 Å². The van der Waals surface area contributed by atoms with E-state index in [0.717, 1.165) is 56.6 Å². The van der Waals surface area contributed by atoms with Gasteiger partial charge in [-0.15, -0.1) is 0 Å². The molecule has 166 valence electrons. The zero-order chi connectivity index (χ0) is 21.9. The third-order valence-corrected chi connectivity index (χ3v) is 6.27. The Morgan fingerprint density at radius 2 is 1.74 bits per heavy atom. The van der Waals surface area contributed by atoms with Gasteiger partial charge in [-0.05, 0) is 68.8 Å². The van der Waals surface area contributed by atoms with Crippen LogP contribution in [0.25, 0.3) is 6.08 Å². The van der Waals surface area contributed by atoms with Gasteiger partial charge < -0.3 is 10.2 Å². The number of carbonyl (C=O) groups excluding carboxylic acids is 1. The minimum Gasteiger partial charge on any atom is -0.334 e. The van der Waals surface area contributed by atoms with Crippen molar-refractivity contribution >= 4 is 12.0 Å². The van der Waals surface area contributed by atoms with Crippen LogP contribution in [0.4, 0.5) is 0 Å². The van der Waals surface area contributed by atoms with Gasteiger partial charge in [0, 0.05) is 18.7 Å². The molecule has 1 amide bonds. The van der Waals surface area contributed by atoms with Gasteiger partial charge in [-0.3, -0.25) is 4.79 Å². The third-order valence-electron chi connectivity index (χ3n) is 6.27. The van der Waals surface area contributed by atoms with E-state index in [1.807, 2.05) is 31.2 Å². The molecular weight excluding hydrogens is 380 g/mol. The number of piperidine rings is 1. The Morgan fingerprint density at radius 1 is 1.03 bits per heavy atom. The number of nitrogens with zero attached hydrogens (tertiary/aromatic N) is 1. The fraction of sp³-hybridized carbons (Fsp3) is 0.464. The highest BCUT2D eigenvalue weighted by molar-refractivity contribution is 5.95. The molecule has 2 aromatic carbocycles. The Hall–Kier alpha value is -2.39. The molecule has 0 aliphatic carbocycles. The van der Waals surface area contributed by atoms with Crippen LogP contribution in [0.15, 0.2) is 60.2 Å². The summed E-state index contributed by atoms with van der Waals surface area (Å²) in [5, 5.41) is 3.45.